The lowest BCUT2D eigenvalue weighted by Gasteiger charge is -2.54. The number of hydrogen-bond donors (Lipinski definition) is 2. The average molecular weight is 449 g/mol. The Morgan fingerprint density at radius 1 is 1.16 bits per heavy atom. The van der Waals surface area contributed by atoms with Gasteiger partial charge >= 0.3 is 5.97 Å². The van der Waals surface area contributed by atoms with Gasteiger partial charge in [-0.1, -0.05) is 6.42 Å². The van der Waals surface area contributed by atoms with Gasteiger partial charge in [0, 0.05) is 11.3 Å². The fourth-order valence-corrected chi connectivity index (χ4v) is 7.29. The molecule has 5 aliphatic carbocycles. The molecule has 1 heterocycles. The van der Waals surface area contributed by atoms with Crippen LogP contribution in [0.15, 0.2) is 9.42 Å². The van der Waals surface area contributed by atoms with Gasteiger partial charge in [-0.3, -0.25) is 9.59 Å². The number of ether oxygens (including phenoxy) is 1. The molecule has 1 aromatic heterocycles. The van der Waals surface area contributed by atoms with E-state index in [2.05, 4.69) is 10.5 Å². The summed E-state index contributed by atoms with van der Waals surface area (Å²) >= 11 is 1.58. The largest absolute Gasteiger partial charge is 0.481 e. The number of aliphatic carboxylic acids is 1. The molecule has 5 fully saturated rings. The molecule has 4 bridgehead atoms. The van der Waals surface area contributed by atoms with Crippen LogP contribution in [0.2, 0.25) is 0 Å². The van der Waals surface area contributed by atoms with E-state index >= 15 is 0 Å². The van der Waals surface area contributed by atoms with Crippen LogP contribution >= 0.6 is 11.8 Å². The minimum atomic E-state index is -1.06. The number of carbonyl (C=O) groups excluding carboxylic acids is 1. The van der Waals surface area contributed by atoms with Gasteiger partial charge in [0.25, 0.3) is 11.8 Å². The monoisotopic (exact) mass is 448 g/mol. The maximum Gasteiger partial charge on any atom is 0.312 e. The maximum absolute atomic E-state index is 13.3. The van der Waals surface area contributed by atoms with Crippen molar-refractivity contribution in [3.05, 3.63) is 5.76 Å². The number of hydrogen-bond acceptors (Lipinski definition) is 6. The number of nitrogens with zero attached hydrogens (tertiary/aromatic N) is 1. The average Bonchev–Trinajstić information content (AvgIpc) is 3.08. The van der Waals surface area contributed by atoms with Crippen LogP contribution in [0, 0.1) is 29.1 Å². The highest BCUT2D eigenvalue weighted by molar-refractivity contribution is 8.00. The molecule has 0 unspecified atom stereocenters. The second kappa shape index (κ2) is 8.01. The molecule has 0 atom stereocenters. The van der Waals surface area contributed by atoms with Crippen LogP contribution in [0.3, 0.4) is 0 Å². The number of rotatable bonds is 8. The summed E-state index contributed by atoms with van der Waals surface area (Å²) in [5, 5.41) is 17.1. The van der Waals surface area contributed by atoms with Gasteiger partial charge in [-0.15, -0.1) is 11.8 Å². The molecule has 2 N–H and O–H groups in total. The van der Waals surface area contributed by atoms with Gasteiger partial charge in [0.15, 0.2) is 0 Å². The third-order valence-corrected chi connectivity index (χ3v) is 9.24. The van der Waals surface area contributed by atoms with Gasteiger partial charge < -0.3 is 19.7 Å². The van der Waals surface area contributed by atoms with Gasteiger partial charge in [0.1, 0.15) is 11.5 Å². The zero-order chi connectivity index (χ0) is 21.8. The van der Waals surface area contributed by atoms with E-state index < -0.39 is 11.4 Å². The summed E-state index contributed by atoms with van der Waals surface area (Å²) in [5.74, 6) is 2.17. The highest BCUT2D eigenvalue weighted by Gasteiger charge is 2.49. The van der Waals surface area contributed by atoms with Crippen molar-refractivity contribution in [2.45, 2.75) is 81.4 Å². The zero-order valence-electron chi connectivity index (χ0n) is 18.3. The molecule has 0 saturated heterocycles. The molecular formula is C23H32N2O5S. The molecule has 8 heteroatoms. The number of carboxylic acids is 1. The quantitative estimate of drug-likeness (QED) is 0.609. The Labute approximate surface area is 187 Å². The molecule has 0 spiro atoms. The van der Waals surface area contributed by atoms with Crippen molar-refractivity contribution < 1.29 is 24.0 Å². The van der Waals surface area contributed by atoms with Crippen LogP contribution < -0.4 is 10.1 Å². The topological polar surface area (TPSA) is 102 Å². The van der Waals surface area contributed by atoms with E-state index in [0.717, 1.165) is 24.7 Å². The van der Waals surface area contributed by atoms with Gasteiger partial charge in [0.05, 0.1) is 5.41 Å². The van der Waals surface area contributed by atoms with Gasteiger partial charge in [-0.2, -0.15) is 0 Å². The predicted molar refractivity (Wildman–Crippen MR) is 115 cm³/mol. The first-order valence-electron chi connectivity index (χ1n) is 11.6. The number of carbonyl (C=O) groups is 2. The van der Waals surface area contributed by atoms with E-state index in [9.17, 15) is 14.7 Å². The van der Waals surface area contributed by atoms with E-state index in [1.807, 2.05) is 0 Å². The lowest BCUT2D eigenvalue weighted by Crippen LogP contribution is -2.55. The van der Waals surface area contributed by atoms with E-state index in [1.165, 1.54) is 38.5 Å². The summed E-state index contributed by atoms with van der Waals surface area (Å²) < 4.78 is 11.3. The second-order valence-corrected chi connectivity index (χ2v) is 12.0. The molecule has 0 aliphatic heterocycles. The normalized spacial score (nSPS) is 32.0. The highest BCUT2D eigenvalue weighted by Crippen LogP contribution is 2.54. The molecular weight excluding hydrogens is 416 g/mol. The van der Waals surface area contributed by atoms with Crippen LogP contribution in [0.4, 0.5) is 0 Å². The Morgan fingerprint density at radius 3 is 2.35 bits per heavy atom. The lowest BCUT2D eigenvalue weighted by atomic mass is 9.54. The van der Waals surface area contributed by atoms with Crippen molar-refractivity contribution in [2.75, 3.05) is 6.61 Å². The van der Waals surface area contributed by atoms with E-state index in [-0.39, 0.29) is 30.2 Å². The predicted octanol–water partition coefficient (Wildman–Crippen LogP) is 4.36. The molecule has 0 aromatic carbocycles. The Balaban J connectivity index is 1.32. The molecule has 1 amide bonds. The molecule has 1 aromatic rings. The van der Waals surface area contributed by atoms with Crippen molar-refractivity contribution in [1.29, 1.82) is 0 Å². The molecule has 31 heavy (non-hydrogen) atoms. The third-order valence-electron chi connectivity index (χ3n) is 7.84. The Kier molecular flexibility index (Phi) is 5.47. The molecule has 170 valence electrons. The molecule has 7 nitrogen and oxygen atoms in total. The van der Waals surface area contributed by atoms with Crippen LogP contribution in [-0.4, -0.2) is 40.0 Å². The standard InChI is InChI=1S/C23H32N2O5S/c1-23(2,22(27)28)11-29-21-19(31-16-4-3-5-16)18(30-25-21)20(26)24-17-14-7-12-6-13(9-14)10-15(17)8-12/h12-17H,3-11H2,1-2H3,(H,24,26)(H,27,28). The number of aromatic nitrogens is 1. The fraction of sp³-hybridized carbons (Fsp3) is 0.783. The molecule has 5 saturated carbocycles. The molecule has 5 aliphatic rings. The fourth-order valence-electron chi connectivity index (χ4n) is 5.95. The summed E-state index contributed by atoms with van der Waals surface area (Å²) in [5.41, 5.74) is -1.06. The summed E-state index contributed by atoms with van der Waals surface area (Å²) in [6.45, 7) is 3.17. The zero-order valence-corrected chi connectivity index (χ0v) is 19.1. The number of carboxylic acid groups (broad SMARTS) is 1. The van der Waals surface area contributed by atoms with Crippen molar-refractivity contribution >= 4 is 23.6 Å². The van der Waals surface area contributed by atoms with Crippen LogP contribution in [-0.2, 0) is 4.79 Å². The summed E-state index contributed by atoms with van der Waals surface area (Å²) in [6.07, 6.45) is 9.67. The van der Waals surface area contributed by atoms with Crippen molar-refractivity contribution in [3.63, 3.8) is 0 Å². The second-order valence-electron chi connectivity index (χ2n) is 10.7. The first-order valence-corrected chi connectivity index (χ1v) is 12.5. The first kappa shape index (κ1) is 21.2. The Morgan fingerprint density at radius 2 is 1.81 bits per heavy atom. The summed E-state index contributed by atoms with van der Waals surface area (Å²) in [6, 6.07) is 0.224. The molecule has 6 rings (SSSR count). The molecule has 0 radical (unpaired) electrons. The number of nitrogens with one attached hydrogen (secondary N) is 1. The summed E-state index contributed by atoms with van der Waals surface area (Å²) in [7, 11) is 0. The number of thioether (sulfide) groups is 1. The van der Waals surface area contributed by atoms with Crippen LogP contribution in [0.25, 0.3) is 0 Å². The minimum absolute atomic E-state index is 0.0380. The van der Waals surface area contributed by atoms with Crippen molar-refractivity contribution in [1.82, 2.24) is 10.5 Å². The van der Waals surface area contributed by atoms with E-state index in [0.29, 0.717) is 22.0 Å². The van der Waals surface area contributed by atoms with E-state index in [1.54, 1.807) is 25.6 Å². The lowest BCUT2D eigenvalue weighted by molar-refractivity contribution is -0.148. The van der Waals surface area contributed by atoms with Gasteiger partial charge in [0.2, 0.25) is 5.76 Å². The van der Waals surface area contributed by atoms with Crippen LogP contribution in [0.1, 0.15) is 75.8 Å². The SMILES string of the molecule is CC(C)(COc1noc(C(=O)NC2C3CC4CC(C3)CC2C4)c1SC1CCC1)C(=O)O. The smallest absolute Gasteiger partial charge is 0.312 e. The maximum atomic E-state index is 13.3. The minimum Gasteiger partial charge on any atom is -0.481 e. The number of amides is 1. The summed E-state index contributed by atoms with van der Waals surface area (Å²) in [4.78, 5) is 25.3. The Hall–Kier alpha value is -1.70. The van der Waals surface area contributed by atoms with E-state index in [4.69, 9.17) is 9.26 Å². The van der Waals surface area contributed by atoms with Gasteiger partial charge in [-0.05, 0) is 87.6 Å². The Bertz CT molecular complexity index is 834. The highest BCUT2D eigenvalue weighted by atomic mass is 32.2. The van der Waals surface area contributed by atoms with Crippen molar-refractivity contribution in [3.8, 4) is 5.88 Å². The van der Waals surface area contributed by atoms with Gasteiger partial charge in [-0.25, -0.2) is 0 Å². The first-order chi connectivity index (χ1) is 14.8. The van der Waals surface area contributed by atoms with Crippen LogP contribution in [0.5, 0.6) is 5.88 Å². The van der Waals surface area contributed by atoms with Crippen molar-refractivity contribution in [2.24, 2.45) is 29.1 Å². The third kappa shape index (κ3) is 4.08.